The molecule has 0 saturated carbocycles. The van der Waals surface area contributed by atoms with Crippen molar-refractivity contribution in [2.45, 2.75) is 6.10 Å². The van der Waals surface area contributed by atoms with E-state index in [1.54, 1.807) is 43.5 Å². The van der Waals surface area contributed by atoms with Gasteiger partial charge in [0.25, 0.3) is 0 Å². The van der Waals surface area contributed by atoms with Gasteiger partial charge >= 0.3 is 0 Å². The predicted molar refractivity (Wildman–Crippen MR) is 82.6 cm³/mol. The SMILES string of the molecule is COc1cc(NCC(O)c2ccc(C#N)cc2)ccc1Cl. The van der Waals surface area contributed by atoms with Gasteiger partial charge in [0.15, 0.2) is 0 Å². The number of nitrogens with zero attached hydrogens (tertiary/aromatic N) is 1. The zero-order valence-electron chi connectivity index (χ0n) is 11.5. The lowest BCUT2D eigenvalue weighted by atomic mass is 10.1. The number of benzene rings is 2. The molecular formula is C16H15ClN2O2. The molecule has 5 heteroatoms. The summed E-state index contributed by atoms with van der Waals surface area (Å²) in [6.07, 6.45) is -0.667. The lowest BCUT2D eigenvalue weighted by Gasteiger charge is -2.14. The molecule has 0 amide bonds. The van der Waals surface area contributed by atoms with Crippen LogP contribution in [0.25, 0.3) is 0 Å². The van der Waals surface area contributed by atoms with Crippen LogP contribution in [0.15, 0.2) is 42.5 Å². The third kappa shape index (κ3) is 3.88. The van der Waals surface area contributed by atoms with E-state index in [-0.39, 0.29) is 0 Å². The minimum Gasteiger partial charge on any atom is -0.495 e. The van der Waals surface area contributed by atoms with Crippen molar-refractivity contribution in [1.29, 1.82) is 5.26 Å². The van der Waals surface area contributed by atoms with Crippen molar-refractivity contribution in [3.8, 4) is 11.8 Å². The first kappa shape index (κ1) is 15.2. The molecule has 0 spiro atoms. The van der Waals surface area contributed by atoms with E-state index < -0.39 is 6.10 Å². The molecule has 2 N–H and O–H groups in total. The van der Waals surface area contributed by atoms with Crippen LogP contribution in [0, 0.1) is 11.3 Å². The monoisotopic (exact) mass is 302 g/mol. The summed E-state index contributed by atoms with van der Waals surface area (Å²) >= 11 is 5.95. The van der Waals surface area contributed by atoms with Crippen LogP contribution >= 0.6 is 11.6 Å². The van der Waals surface area contributed by atoms with Crippen LogP contribution in [-0.2, 0) is 0 Å². The average molecular weight is 303 g/mol. The van der Waals surface area contributed by atoms with E-state index in [2.05, 4.69) is 5.32 Å². The van der Waals surface area contributed by atoms with E-state index in [1.165, 1.54) is 0 Å². The Balaban J connectivity index is 2.00. The van der Waals surface area contributed by atoms with Crippen molar-refractivity contribution in [3.05, 3.63) is 58.6 Å². The number of hydrogen-bond donors (Lipinski definition) is 2. The number of aliphatic hydroxyl groups excluding tert-OH is 1. The molecule has 2 rings (SSSR count). The summed E-state index contributed by atoms with van der Waals surface area (Å²) in [4.78, 5) is 0. The maximum Gasteiger partial charge on any atom is 0.139 e. The molecule has 2 aromatic carbocycles. The number of nitriles is 1. The van der Waals surface area contributed by atoms with Crippen LogP contribution in [0.1, 0.15) is 17.2 Å². The number of halogens is 1. The Hall–Kier alpha value is -2.22. The number of methoxy groups -OCH3 is 1. The maximum atomic E-state index is 10.1. The van der Waals surface area contributed by atoms with E-state index >= 15 is 0 Å². The Morgan fingerprint density at radius 1 is 1.29 bits per heavy atom. The Kier molecular flexibility index (Phi) is 5.04. The molecule has 1 atom stereocenters. The molecule has 0 aliphatic rings. The Labute approximate surface area is 128 Å². The standard InChI is InChI=1S/C16H15ClN2O2/c1-21-16-8-13(6-7-14(16)17)19-10-15(20)12-4-2-11(9-18)3-5-12/h2-8,15,19-20H,10H2,1H3. The molecule has 0 heterocycles. The number of rotatable bonds is 5. The second-order valence-electron chi connectivity index (χ2n) is 4.48. The first-order valence-corrected chi connectivity index (χ1v) is 6.77. The van der Waals surface area contributed by atoms with Crippen molar-refractivity contribution in [1.82, 2.24) is 0 Å². The third-order valence-corrected chi connectivity index (χ3v) is 3.39. The van der Waals surface area contributed by atoms with Gasteiger partial charge in [0.2, 0.25) is 0 Å². The van der Waals surface area contributed by atoms with Gasteiger partial charge in [-0.1, -0.05) is 23.7 Å². The molecule has 108 valence electrons. The smallest absolute Gasteiger partial charge is 0.139 e. The van der Waals surface area contributed by atoms with Gasteiger partial charge in [0.1, 0.15) is 5.75 Å². The van der Waals surface area contributed by atoms with Gasteiger partial charge in [-0.2, -0.15) is 5.26 Å². The van der Waals surface area contributed by atoms with Gasteiger partial charge in [-0.15, -0.1) is 0 Å². The fraction of sp³-hybridized carbons (Fsp3) is 0.188. The van der Waals surface area contributed by atoms with Gasteiger partial charge < -0.3 is 15.2 Å². The predicted octanol–water partition coefficient (Wildman–Crippen LogP) is 3.37. The van der Waals surface area contributed by atoms with Gasteiger partial charge in [-0.05, 0) is 29.8 Å². The molecule has 2 aromatic rings. The van der Waals surface area contributed by atoms with Crippen LogP contribution in [0.2, 0.25) is 5.02 Å². The van der Waals surface area contributed by atoms with E-state index in [0.29, 0.717) is 22.9 Å². The summed E-state index contributed by atoms with van der Waals surface area (Å²) in [7, 11) is 1.55. The second-order valence-corrected chi connectivity index (χ2v) is 4.89. The number of ether oxygens (including phenoxy) is 1. The molecule has 0 aliphatic carbocycles. The highest BCUT2D eigenvalue weighted by Crippen LogP contribution is 2.27. The summed E-state index contributed by atoms with van der Waals surface area (Å²) in [5, 5.41) is 22.5. The number of hydrogen-bond acceptors (Lipinski definition) is 4. The Bertz CT molecular complexity index is 650. The fourth-order valence-corrected chi connectivity index (χ4v) is 2.08. The van der Waals surface area contributed by atoms with Gasteiger partial charge in [-0.25, -0.2) is 0 Å². The quantitative estimate of drug-likeness (QED) is 0.889. The molecule has 0 aromatic heterocycles. The van der Waals surface area contributed by atoms with Crippen molar-refractivity contribution in [3.63, 3.8) is 0 Å². The first-order chi connectivity index (χ1) is 10.1. The van der Waals surface area contributed by atoms with Crippen LogP contribution in [0.3, 0.4) is 0 Å². The molecular weight excluding hydrogens is 288 g/mol. The zero-order chi connectivity index (χ0) is 15.2. The molecule has 0 saturated heterocycles. The van der Waals surface area contributed by atoms with Gasteiger partial charge in [0.05, 0.1) is 29.9 Å². The third-order valence-electron chi connectivity index (χ3n) is 3.08. The highest BCUT2D eigenvalue weighted by Gasteiger charge is 2.08. The molecule has 0 fully saturated rings. The van der Waals surface area contributed by atoms with Crippen molar-refractivity contribution in [2.75, 3.05) is 19.0 Å². The van der Waals surface area contributed by atoms with E-state index in [9.17, 15) is 5.11 Å². The Morgan fingerprint density at radius 2 is 2.00 bits per heavy atom. The summed E-state index contributed by atoms with van der Waals surface area (Å²) in [6, 6.07) is 14.2. The summed E-state index contributed by atoms with van der Waals surface area (Å²) in [5.41, 5.74) is 2.13. The van der Waals surface area contributed by atoms with Crippen LogP contribution in [-0.4, -0.2) is 18.8 Å². The number of aliphatic hydroxyl groups is 1. The molecule has 4 nitrogen and oxygen atoms in total. The first-order valence-electron chi connectivity index (χ1n) is 6.39. The molecule has 0 radical (unpaired) electrons. The summed E-state index contributed by atoms with van der Waals surface area (Å²) < 4.78 is 5.14. The minimum atomic E-state index is -0.667. The lowest BCUT2D eigenvalue weighted by molar-refractivity contribution is 0.191. The van der Waals surface area contributed by atoms with E-state index in [4.69, 9.17) is 21.6 Å². The Morgan fingerprint density at radius 3 is 2.62 bits per heavy atom. The maximum absolute atomic E-state index is 10.1. The zero-order valence-corrected chi connectivity index (χ0v) is 12.3. The van der Waals surface area contributed by atoms with Gasteiger partial charge in [-0.3, -0.25) is 0 Å². The number of nitrogens with one attached hydrogen (secondary N) is 1. The summed E-state index contributed by atoms with van der Waals surface area (Å²) in [6.45, 7) is 0.344. The number of anilines is 1. The minimum absolute atomic E-state index is 0.344. The molecule has 0 aliphatic heterocycles. The van der Waals surface area contributed by atoms with Crippen LogP contribution < -0.4 is 10.1 Å². The molecule has 0 bridgehead atoms. The largest absolute Gasteiger partial charge is 0.495 e. The van der Waals surface area contributed by atoms with Gasteiger partial charge in [0, 0.05) is 18.3 Å². The van der Waals surface area contributed by atoms with Crippen LogP contribution in [0.4, 0.5) is 5.69 Å². The summed E-state index contributed by atoms with van der Waals surface area (Å²) in [5.74, 6) is 0.578. The van der Waals surface area contributed by atoms with Crippen molar-refractivity contribution >= 4 is 17.3 Å². The van der Waals surface area contributed by atoms with Crippen LogP contribution in [0.5, 0.6) is 5.75 Å². The second kappa shape index (κ2) is 6.98. The highest BCUT2D eigenvalue weighted by molar-refractivity contribution is 6.32. The van der Waals surface area contributed by atoms with Crippen molar-refractivity contribution in [2.24, 2.45) is 0 Å². The highest BCUT2D eigenvalue weighted by atomic mass is 35.5. The fourth-order valence-electron chi connectivity index (χ4n) is 1.88. The van der Waals surface area contributed by atoms with E-state index in [1.807, 2.05) is 12.1 Å². The average Bonchev–Trinajstić information content (AvgIpc) is 2.53. The molecule has 1 unspecified atom stereocenters. The topological polar surface area (TPSA) is 65.3 Å². The normalized spacial score (nSPS) is 11.5. The van der Waals surface area contributed by atoms with Crippen molar-refractivity contribution < 1.29 is 9.84 Å². The molecule has 21 heavy (non-hydrogen) atoms. The van der Waals surface area contributed by atoms with E-state index in [0.717, 1.165) is 11.3 Å². The lowest BCUT2D eigenvalue weighted by Crippen LogP contribution is -2.12.